The van der Waals surface area contributed by atoms with Crippen molar-refractivity contribution in [2.45, 2.75) is 32.2 Å². The van der Waals surface area contributed by atoms with Gasteiger partial charge in [-0.1, -0.05) is 6.92 Å². The van der Waals surface area contributed by atoms with Crippen molar-refractivity contribution in [2.24, 2.45) is 0 Å². The van der Waals surface area contributed by atoms with Crippen molar-refractivity contribution < 1.29 is 4.39 Å². The van der Waals surface area contributed by atoms with Gasteiger partial charge in [-0.2, -0.15) is 0 Å². The molecule has 0 saturated carbocycles. The fourth-order valence-electron chi connectivity index (χ4n) is 2.41. The van der Waals surface area contributed by atoms with Gasteiger partial charge in [0.15, 0.2) is 0 Å². The number of anilines is 1. The molecule has 0 aliphatic carbocycles. The van der Waals surface area contributed by atoms with Gasteiger partial charge in [-0.25, -0.2) is 4.39 Å². The summed E-state index contributed by atoms with van der Waals surface area (Å²) in [5, 5.41) is 3.57. The Morgan fingerprint density at radius 2 is 2.11 bits per heavy atom. The number of hydrogen-bond donors (Lipinski definition) is 1. The lowest BCUT2D eigenvalue weighted by molar-refractivity contribution is 0.415. The van der Waals surface area contributed by atoms with Crippen LogP contribution in [-0.4, -0.2) is 25.7 Å². The van der Waals surface area contributed by atoms with Gasteiger partial charge in [0.1, 0.15) is 5.82 Å². The normalized spacial score (nSPS) is 17.2. The van der Waals surface area contributed by atoms with E-state index in [-0.39, 0.29) is 5.82 Å². The van der Waals surface area contributed by atoms with Gasteiger partial charge in [-0.05, 0) is 59.9 Å². The predicted octanol–water partition coefficient (Wildman–Crippen LogP) is 3.56. The van der Waals surface area contributed by atoms with Crippen LogP contribution in [0.4, 0.5) is 10.1 Å². The first-order valence-electron chi connectivity index (χ1n) is 6.64. The van der Waals surface area contributed by atoms with Crippen LogP contribution >= 0.6 is 15.9 Å². The van der Waals surface area contributed by atoms with Gasteiger partial charge in [-0.3, -0.25) is 0 Å². The average molecular weight is 315 g/mol. The van der Waals surface area contributed by atoms with E-state index in [1.54, 1.807) is 0 Å². The van der Waals surface area contributed by atoms with Gasteiger partial charge in [0, 0.05) is 23.6 Å². The van der Waals surface area contributed by atoms with E-state index in [2.05, 4.69) is 33.1 Å². The van der Waals surface area contributed by atoms with Crippen LogP contribution in [0.15, 0.2) is 22.7 Å². The molecule has 100 valence electrons. The number of hydrogen-bond acceptors (Lipinski definition) is 2. The van der Waals surface area contributed by atoms with E-state index in [0.29, 0.717) is 6.04 Å². The number of halogens is 2. The Morgan fingerprint density at radius 1 is 1.39 bits per heavy atom. The second-order valence-electron chi connectivity index (χ2n) is 4.81. The topological polar surface area (TPSA) is 15.3 Å². The molecule has 1 fully saturated rings. The van der Waals surface area contributed by atoms with E-state index >= 15 is 0 Å². The van der Waals surface area contributed by atoms with Gasteiger partial charge in [0.2, 0.25) is 0 Å². The SMILES string of the molecule is CCCNC1CCN(c2ccc(F)cc2Br)CC1. The summed E-state index contributed by atoms with van der Waals surface area (Å²) < 4.78 is 13.9. The first-order chi connectivity index (χ1) is 8.70. The number of nitrogens with zero attached hydrogens (tertiary/aromatic N) is 1. The second-order valence-corrected chi connectivity index (χ2v) is 5.67. The minimum atomic E-state index is -0.190. The van der Waals surface area contributed by atoms with Crippen molar-refractivity contribution in [1.82, 2.24) is 5.32 Å². The minimum absolute atomic E-state index is 0.190. The molecular formula is C14H20BrFN2. The summed E-state index contributed by atoms with van der Waals surface area (Å²) in [4.78, 5) is 2.33. The lowest BCUT2D eigenvalue weighted by Gasteiger charge is -2.34. The number of piperidine rings is 1. The lowest BCUT2D eigenvalue weighted by atomic mass is 10.0. The van der Waals surface area contributed by atoms with Crippen molar-refractivity contribution in [3.05, 3.63) is 28.5 Å². The largest absolute Gasteiger partial charge is 0.371 e. The highest BCUT2D eigenvalue weighted by Gasteiger charge is 2.20. The highest BCUT2D eigenvalue weighted by atomic mass is 79.9. The Morgan fingerprint density at radius 3 is 2.72 bits per heavy atom. The van der Waals surface area contributed by atoms with Crippen molar-refractivity contribution in [2.75, 3.05) is 24.5 Å². The van der Waals surface area contributed by atoms with E-state index in [0.717, 1.165) is 42.6 Å². The molecule has 1 aromatic rings. The van der Waals surface area contributed by atoms with Crippen molar-refractivity contribution >= 4 is 21.6 Å². The second kappa shape index (κ2) is 6.53. The Bertz CT molecular complexity index is 389. The van der Waals surface area contributed by atoms with E-state index < -0.39 is 0 Å². The summed E-state index contributed by atoms with van der Waals surface area (Å²) in [5.74, 6) is -0.190. The van der Waals surface area contributed by atoms with Gasteiger partial charge in [-0.15, -0.1) is 0 Å². The van der Waals surface area contributed by atoms with Crippen molar-refractivity contribution in [1.29, 1.82) is 0 Å². The Balaban J connectivity index is 1.93. The molecule has 18 heavy (non-hydrogen) atoms. The maximum absolute atomic E-state index is 13.1. The van der Waals surface area contributed by atoms with E-state index in [4.69, 9.17) is 0 Å². The zero-order valence-corrected chi connectivity index (χ0v) is 12.3. The van der Waals surface area contributed by atoms with Crippen LogP contribution < -0.4 is 10.2 Å². The highest BCUT2D eigenvalue weighted by molar-refractivity contribution is 9.10. The zero-order valence-electron chi connectivity index (χ0n) is 10.8. The first kappa shape index (κ1) is 13.8. The molecule has 0 atom stereocenters. The molecule has 1 aliphatic heterocycles. The summed E-state index contributed by atoms with van der Waals surface area (Å²) in [5.41, 5.74) is 1.10. The van der Waals surface area contributed by atoms with Crippen molar-refractivity contribution in [3.63, 3.8) is 0 Å². The maximum Gasteiger partial charge on any atom is 0.124 e. The molecule has 0 unspecified atom stereocenters. The standard InChI is InChI=1S/C14H20BrFN2/c1-2-7-17-12-5-8-18(9-6-12)14-4-3-11(16)10-13(14)15/h3-4,10,12,17H,2,5-9H2,1H3. The Kier molecular flexibility index (Phi) is 5.01. The monoisotopic (exact) mass is 314 g/mol. The van der Waals surface area contributed by atoms with Crippen LogP contribution in [0, 0.1) is 5.82 Å². The van der Waals surface area contributed by atoms with Crippen LogP contribution in [0.2, 0.25) is 0 Å². The molecule has 0 bridgehead atoms. The predicted molar refractivity (Wildman–Crippen MR) is 77.6 cm³/mol. The summed E-state index contributed by atoms with van der Waals surface area (Å²) in [6.07, 6.45) is 3.50. The third kappa shape index (κ3) is 3.45. The molecule has 1 aromatic carbocycles. The fourth-order valence-corrected chi connectivity index (χ4v) is 3.01. The van der Waals surface area contributed by atoms with Crippen LogP contribution in [0.1, 0.15) is 26.2 Å². The van der Waals surface area contributed by atoms with Crippen LogP contribution in [0.5, 0.6) is 0 Å². The molecule has 4 heteroatoms. The summed E-state index contributed by atoms with van der Waals surface area (Å²) in [7, 11) is 0. The molecular weight excluding hydrogens is 295 g/mol. The molecule has 1 heterocycles. The van der Waals surface area contributed by atoms with E-state index in [9.17, 15) is 4.39 Å². The number of benzene rings is 1. The number of rotatable bonds is 4. The summed E-state index contributed by atoms with van der Waals surface area (Å²) in [6.45, 7) is 5.36. The van der Waals surface area contributed by atoms with Gasteiger partial charge in [0.05, 0.1) is 5.69 Å². The molecule has 0 spiro atoms. The van der Waals surface area contributed by atoms with Gasteiger partial charge < -0.3 is 10.2 Å². The molecule has 1 N–H and O–H groups in total. The third-order valence-corrected chi connectivity index (χ3v) is 4.06. The van der Waals surface area contributed by atoms with Crippen LogP contribution in [0.3, 0.4) is 0 Å². The molecule has 2 nitrogen and oxygen atoms in total. The Hall–Kier alpha value is -0.610. The minimum Gasteiger partial charge on any atom is -0.371 e. The molecule has 1 aliphatic rings. The molecule has 0 aromatic heterocycles. The molecule has 0 amide bonds. The lowest BCUT2D eigenvalue weighted by Crippen LogP contribution is -2.42. The highest BCUT2D eigenvalue weighted by Crippen LogP contribution is 2.29. The fraction of sp³-hybridized carbons (Fsp3) is 0.571. The smallest absolute Gasteiger partial charge is 0.124 e. The molecule has 2 rings (SSSR count). The summed E-state index contributed by atoms with van der Waals surface area (Å²) in [6, 6.07) is 5.57. The van der Waals surface area contributed by atoms with E-state index in [1.165, 1.54) is 18.6 Å². The average Bonchev–Trinajstić information content (AvgIpc) is 2.37. The number of nitrogens with one attached hydrogen (secondary N) is 1. The summed E-state index contributed by atoms with van der Waals surface area (Å²) >= 11 is 3.44. The quantitative estimate of drug-likeness (QED) is 0.914. The molecule has 0 radical (unpaired) electrons. The van der Waals surface area contributed by atoms with Crippen LogP contribution in [-0.2, 0) is 0 Å². The maximum atomic E-state index is 13.1. The molecule has 1 saturated heterocycles. The first-order valence-corrected chi connectivity index (χ1v) is 7.43. The third-order valence-electron chi connectivity index (χ3n) is 3.43. The van der Waals surface area contributed by atoms with Gasteiger partial charge >= 0.3 is 0 Å². The Labute approximate surface area is 117 Å². The zero-order chi connectivity index (χ0) is 13.0. The van der Waals surface area contributed by atoms with Crippen LogP contribution in [0.25, 0.3) is 0 Å². The van der Waals surface area contributed by atoms with Crippen molar-refractivity contribution in [3.8, 4) is 0 Å². The van der Waals surface area contributed by atoms with E-state index in [1.807, 2.05) is 6.07 Å². The van der Waals surface area contributed by atoms with Gasteiger partial charge in [0.25, 0.3) is 0 Å².